The highest BCUT2D eigenvalue weighted by atomic mass is 32.2. The third-order valence-corrected chi connectivity index (χ3v) is 11.1. The molecule has 6 fully saturated rings. The molecule has 202 valence electrons. The molecule has 0 spiro atoms. The topological polar surface area (TPSA) is 91.8 Å². The van der Waals surface area contributed by atoms with Crippen LogP contribution in [0.5, 0.6) is 0 Å². The summed E-state index contributed by atoms with van der Waals surface area (Å²) in [4.78, 5) is 32.8. The van der Waals surface area contributed by atoms with Gasteiger partial charge in [-0.15, -0.1) is 11.8 Å². The van der Waals surface area contributed by atoms with Crippen LogP contribution in [0, 0.1) is 23.7 Å². The lowest BCUT2D eigenvalue weighted by Gasteiger charge is -2.58. The fourth-order valence-electron chi connectivity index (χ4n) is 8.18. The van der Waals surface area contributed by atoms with E-state index in [4.69, 9.17) is 9.72 Å². The number of carbonyl (C=O) groups excluding carboxylic acids is 2. The number of hydrogen-bond donors (Lipinski definition) is 2. The van der Waals surface area contributed by atoms with Gasteiger partial charge in [0, 0.05) is 24.4 Å². The van der Waals surface area contributed by atoms with E-state index in [-0.39, 0.29) is 23.8 Å². The Hall–Kier alpha value is -1.80. The number of thioether (sulfide) groups is 1. The van der Waals surface area contributed by atoms with Crippen molar-refractivity contribution in [2.24, 2.45) is 23.7 Å². The van der Waals surface area contributed by atoms with E-state index in [1.165, 1.54) is 39.2 Å². The first-order valence-electron chi connectivity index (χ1n) is 14.4. The van der Waals surface area contributed by atoms with Crippen LogP contribution >= 0.6 is 11.8 Å². The minimum atomic E-state index is -0.496. The van der Waals surface area contributed by atoms with Crippen molar-refractivity contribution in [2.75, 3.05) is 25.1 Å². The molecule has 6 aliphatic rings. The molecule has 1 aromatic rings. The van der Waals surface area contributed by atoms with Gasteiger partial charge in [0.25, 0.3) is 5.91 Å². The summed E-state index contributed by atoms with van der Waals surface area (Å²) in [7, 11) is 1.44. The SMILES string of the molecule is COC(=O)C[C@@H]1CCN(c2ccc(C(=O)NC3C4CC5CC3CC(O)(C5)C4)c(SC3CCCCC3)n2)C1. The number of aromatic nitrogens is 1. The lowest BCUT2D eigenvalue weighted by Crippen LogP contribution is -2.61. The second kappa shape index (κ2) is 10.4. The van der Waals surface area contributed by atoms with E-state index >= 15 is 0 Å². The zero-order valence-electron chi connectivity index (χ0n) is 22.0. The highest BCUT2D eigenvalue weighted by Gasteiger charge is 2.55. The molecule has 0 radical (unpaired) electrons. The number of nitrogens with zero attached hydrogens (tertiary/aromatic N) is 2. The van der Waals surface area contributed by atoms with E-state index in [1.807, 2.05) is 12.1 Å². The van der Waals surface area contributed by atoms with Gasteiger partial charge in [0.1, 0.15) is 10.8 Å². The van der Waals surface area contributed by atoms with E-state index in [1.54, 1.807) is 11.8 Å². The molecule has 2 N–H and O–H groups in total. The molecule has 2 unspecified atom stereocenters. The normalized spacial score (nSPS) is 35.1. The Balaban J connectivity index is 1.20. The third-order valence-electron chi connectivity index (χ3n) is 9.75. The highest BCUT2D eigenvalue weighted by molar-refractivity contribution is 7.99. The van der Waals surface area contributed by atoms with Crippen LogP contribution in [-0.2, 0) is 9.53 Å². The van der Waals surface area contributed by atoms with E-state index in [0.29, 0.717) is 35.0 Å². The number of aliphatic hydroxyl groups is 1. The molecule has 37 heavy (non-hydrogen) atoms. The van der Waals surface area contributed by atoms with Crippen LogP contribution in [0.15, 0.2) is 17.2 Å². The summed E-state index contributed by atoms with van der Waals surface area (Å²) >= 11 is 1.78. The molecule has 1 aromatic heterocycles. The smallest absolute Gasteiger partial charge is 0.305 e. The Morgan fingerprint density at radius 1 is 1.14 bits per heavy atom. The molecular weight excluding hydrogens is 486 g/mol. The number of carbonyl (C=O) groups is 2. The molecule has 3 atom stereocenters. The van der Waals surface area contributed by atoms with Crippen molar-refractivity contribution in [3.05, 3.63) is 17.7 Å². The van der Waals surface area contributed by atoms with Gasteiger partial charge in [0.05, 0.1) is 24.7 Å². The van der Waals surface area contributed by atoms with Gasteiger partial charge in [-0.1, -0.05) is 19.3 Å². The summed E-state index contributed by atoms with van der Waals surface area (Å²) < 4.78 is 4.87. The van der Waals surface area contributed by atoms with Crippen molar-refractivity contribution in [1.82, 2.24) is 10.3 Å². The fraction of sp³-hybridized carbons (Fsp3) is 0.759. The Kier molecular flexibility index (Phi) is 7.16. The predicted molar refractivity (Wildman–Crippen MR) is 144 cm³/mol. The lowest BCUT2D eigenvalue weighted by molar-refractivity contribution is -0.141. The molecule has 8 heteroatoms. The number of amides is 1. The zero-order valence-corrected chi connectivity index (χ0v) is 22.8. The fourth-order valence-corrected chi connectivity index (χ4v) is 9.50. The Morgan fingerprint density at radius 2 is 1.89 bits per heavy atom. The quantitative estimate of drug-likeness (QED) is 0.502. The second-order valence-electron chi connectivity index (χ2n) is 12.5. The van der Waals surface area contributed by atoms with Crippen LogP contribution in [0.1, 0.15) is 87.4 Å². The minimum Gasteiger partial charge on any atom is -0.469 e. The van der Waals surface area contributed by atoms with Crippen LogP contribution in [0.25, 0.3) is 0 Å². The standard InChI is InChI=1S/C29H41N3O4S/c1-36-25(33)13-18-9-10-32(17-18)24-8-7-23(28(30-24)37-22-5-3-2-4-6-22)27(34)31-26-20-11-19-12-21(26)16-29(35,14-19)15-20/h7-8,18-22,26,35H,2-6,9-17H2,1H3,(H,31,34)/t18-,19?,20?,21?,26?,29?/m0/s1. The third kappa shape index (κ3) is 5.38. The first-order valence-corrected chi connectivity index (χ1v) is 15.3. The van der Waals surface area contributed by atoms with Gasteiger partial charge in [-0.25, -0.2) is 4.98 Å². The molecule has 2 heterocycles. The lowest BCUT2D eigenvalue weighted by atomic mass is 9.52. The summed E-state index contributed by atoms with van der Waals surface area (Å²) in [6.07, 6.45) is 12.4. The van der Waals surface area contributed by atoms with Crippen molar-refractivity contribution in [1.29, 1.82) is 0 Å². The van der Waals surface area contributed by atoms with Crippen molar-refractivity contribution in [3.63, 3.8) is 0 Å². The summed E-state index contributed by atoms with van der Waals surface area (Å²) in [6, 6.07) is 4.12. The number of rotatable bonds is 7. The van der Waals surface area contributed by atoms with Crippen molar-refractivity contribution in [2.45, 2.75) is 99.0 Å². The Morgan fingerprint density at radius 3 is 2.59 bits per heavy atom. The second-order valence-corrected chi connectivity index (χ2v) is 13.8. The largest absolute Gasteiger partial charge is 0.469 e. The van der Waals surface area contributed by atoms with Gasteiger partial charge in [0.2, 0.25) is 0 Å². The van der Waals surface area contributed by atoms with Gasteiger partial charge in [-0.05, 0) is 87.2 Å². The molecule has 0 aromatic carbocycles. The highest BCUT2D eigenvalue weighted by Crippen LogP contribution is 2.55. The first kappa shape index (κ1) is 25.5. The molecule has 1 aliphatic heterocycles. The number of pyridine rings is 1. The molecule has 7 rings (SSSR count). The molecule has 4 bridgehead atoms. The number of ether oxygens (including phenoxy) is 1. The number of hydrogen-bond acceptors (Lipinski definition) is 7. The summed E-state index contributed by atoms with van der Waals surface area (Å²) in [5.41, 5.74) is 0.196. The van der Waals surface area contributed by atoms with Crippen LogP contribution in [0.2, 0.25) is 0 Å². The van der Waals surface area contributed by atoms with E-state index < -0.39 is 5.60 Å². The average Bonchev–Trinajstić information content (AvgIpc) is 3.34. The van der Waals surface area contributed by atoms with Crippen LogP contribution in [-0.4, -0.2) is 59.1 Å². The number of anilines is 1. The maximum Gasteiger partial charge on any atom is 0.305 e. The van der Waals surface area contributed by atoms with E-state index in [9.17, 15) is 14.7 Å². The predicted octanol–water partition coefficient (Wildman–Crippen LogP) is 4.57. The van der Waals surface area contributed by atoms with Crippen LogP contribution < -0.4 is 10.2 Å². The molecular formula is C29H41N3O4S. The van der Waals surface area contributed by atoms with Gasteiger partial charge in [-0.2, -0.15) is 0 Å². The number of methoxy groups -OCH3 is 1. The van der Waals surface area contributed by atoms with Crippen molar-refractivity contribution < 1.29 is 19.4 Å². The molecule has 5 aliphatic carbocycles. The molecule has 5 saturated carbocycles. The van der Waals surface area contributed by atoms with Gasteiger partial charge < -0.3 is 20.1 Å². The average molecular weight is 528 g/mol. The number of esters is 1. The van der Waals surface area contributed by atoms with Crippen molar-refractivity contribution in [3.8, 4) is 0 Å². The van der Waals surface area contributed by atoms with Crippen LogP contribution in [0.3, 0.4) is 0 Å². The van der Waals surface area contributed by atoms with Gasteiger partial charge in [0.15, 0.2) is 0 Å². The maximum atomic E-state index is 13.7. The van der Waals surface area contributed by atoms with Crippen LogP contribution in [0.4, 0.5) is 5.82 Å². The van der Waals surface area contributed by atoms with Gasteiger partial charge >= 0.3 is 5.97 Å². The molecule has 7 nitrogen and oxygen atoms in total. The summed E-state index contributed by atoms with van der Waals surface area (Å²) in [6.45, 7) is 1.65. The summed E-state index contributed by atoms with van der Waals surface area (Å²) in [5.74, 6) is 2.41. The molecule has 1 saturated heterocycles. The Labute approximate surface area is 224 Å². The summed E-state index contributed by atoms with van der Waals surface area (Å²) in [5, 5.41) is 15.7. The molecule has 1 amide bonds. The maximum absolute atomic E-state index is 13.7. The number of nitrogens with one attached hydrogen (secondary N) is 1. The zero-order chi connectivity index (χ0) is 25.6. The Bertz CT molecular complexity index is 1010. The van der Waals surface area contributed by atoms with Gasteiger partial charge in [-0.3, -0.25) is 9.59 Å². The van der Waals surface area contributed by atoms with E-state index in [0.717, 1.165) is 62.5 Å². The minimum absolute atomic E-state index is 0.00758. The first-order chi connectivity index (χ1) is 17.9. The van der Waals surface area contributed by atoms with Crippen molar-refractivity contribution >= 4 is 29.5 Å². The monoisotopic (exact) mass is 527 g/mol. The van der Waals surface area contributed by atoms with E-state index in [2.05, 4.69) is 10.2 Å².